The molecule has 2 N–H and O–H groups in total. The molecule has 2 aliphatic rings. The summed E-state index contributed by atoms with van der Waals surface area (Å²) < 4.78 is 0. The summed E-state index contributed by atoms with van der Waals surface area (Å²) in [4.78, 5) is 37.5. The number of fused-ring (bicyclic) bond motifs is 2. The zero-order valence-corrected chi connectivity index (χ0v) is 10.9. The molecule has 0 fully saturated rings. The van der Waals surface area contributed by atoms with E-state index in [0.717, 1.165) is 4.90 Å². The standard InChI is InChI=1S/C14H12N2O4/c1-7(17)10-11(18)12(19)16(2)14(10)8-5-3-4-6-9(8)15-13(14)20/h3-6,18H,1-2H3,(H,15,20). The summed E-state index contributed by atoms with van der Waals surface area (Å²) in [6.07, 6.45) is 0. The molecule has 0 saturated heterocycles. The lowest BCUT2D eigenvalue weighted by atomic mass is 9.82. The molecular weight excluding hydrogens is 260 g/mol. The van der Waals surface area contributed by atoms with Crippen molar-refractivity contribution in [3.05, 3.63) is 41.2 Å². The van der Waals surface area contributed by atoms with Gasteiger partial charge in [-0.15, -0.1) is 0 Å². The molecule has 0 bridgehead atoms. The number of hydrogen-bond donors (Lipinski definition) is 2. The van der Waals surface area contributed by atoms with Crippen LogP contribution in [0.1, 0.15) is 12.5 Å². The maximum atomic E-state index is 12.5. The van der Waals surface area contributed by atoms with Crippen LogP contribution in [-0.4, -0.2) is 34.7 Å². The fraction of sp³-hybridized carbons (Fsp3) is 0.214. The zero-order valence-electron chi connectivity index (χ0n) is 10.9. The van der Waals surface area contributed by atoms with Gasteiger partial charge in [0.2, 0.25) is 0 Å². The van der Waals surface area contributed by atoms with Crippen LogP contribution in [0.25, 0.3) is 0 Å². The third-order valence-electron chi connectivity index (χ3n) is 3.85. The second kappa shape index (κ2) is 3.69. The van der Waals surface area contributed by atoms with Gasteiger partial charge in [0.25, 0.3) is 11.8 Å². The lowest BCUT2D eigenvalue weighted by Crippen LogP contribution is -2.49. The first-order chi connectivity index (χ1) is 9.42. The first-order valence-corrected chi connectivity index (χ1v) is 6.06. The third kappa shape index (κ3) is 1.16. The van der Waals surface area contributed by atoms with Crippen LogP contribution in [-0.2, 0) is 19.9 Å². The molecule has 2 amide bonds. The molecule has 3 rings (SSSR count). The Morgan fingerprint density at radius 3 is 2.60 bits per heavy atom. The number of carbonyl (C=O) groups excluding carboxylic acids is 3. The molecule has 2 heterocycles. The van der Waals surface area contributed by atoms with Gasteiger partial charge in [-0.1, -0.05) is 18.2 Å². The molecular formula is C14H12N2O4. The molecule has 2 aliphatic heterocycles. The van der Waals surface area contributed by atoms with E-state index in [1.165, 1.54) is 14.0 Å². The van der Waals surface area contributed by atoms with Gasteiger partial charge >= 0.3 is 0 Å². The first kappa shape index (κ1) is 12.4. The number of ketones is 1. The zero-order chi connectivity index (χ0) is 14.7. The quantitative estimate of drug-likeness (QED) is 0.788. The number of nitrogens with zero attached hydrogens (tertiary/aromatic N) is 1. The van der Waals surface area contributed by atoms with Crippen molar-refractivity contribution in [2.24, 2.45) is 0 Å². The molecule has 1 aromatic rings. The number of nitrogens with one attached hydrogen (secondary N) is 1. The number of para-hydroxylation sites is 1. The Morgan fingerprint density at radius 1 is 1.30 bits per heavy atom. The number of benzene rings is 1. The number of likely N-dealkylation sites (N-methyl/N-ethyl adjacent to an activating group) is 1. The van der Waals surface area contributed by atoms with Crippen LogP contribution in [0.2, 0.25) is 0 Å². The van der Waals surface area contributed by atoms with Crippen LogP contribution < -0.4 is 5.32 Å². The molecule has 1 aromatic carbocycles. The Morgan fingerprint density at radius 2 is 1.95 bits per heavy atom. The van der Waals surface area contributed by atoms with Gasteiger partial charge < -0.3 is 15.3 Å². The Balaban J connectivity index is 2.39. The molecule has 1 spiro atoms. The number of Topliss-reactive ketones (excluding diaryl/α,β-unsaturated/α-hetero) is 1. The first-order valence-electron chi connectivity index (χ1n) is 6.06. The van der Waals surface area contributed by atoms with E-state index in [1.54, 1.807) is 24.3 Å². The Labute approximate surface area is 114 Å². The van der Waals surface area contributed by atoms with E-state index in [-0.39, 0.29) is 5.57 Å². The van der Waals surface area contributed by atoms with Gasteiger partial charge in [-0.2, -0.15) is 0 Å². The molecule has 6 nitrogen and oxygen atoms in total. The average Bonchev–Trinajstić information content (AvgIpc) is 2.80. The van der Waals surface area contributed by atoms with Crippen LogP contribution in [0.15, 0.2) is 35.6 Å². The number of aliphatic hydroxyl groups is 1. The molecule has 1 unspecified atom stereocenters. The van der Waals surface area contributed by atoms with Crippen molar-refractivity contribution in [1.82, 2.24) is 4.90 Å². The van der Waals surface area contributed by atoms with Gasteiger partial charge in [0.15, 0.2) is 17.1 Å². The van der Waals surface area contributed by atoms with Crippen LogP contribution in [0.4, 0.5) is 5.69 Å². The van der Waals surface area contributed by atoms with E-state index in [0.29, 0.717) is 11.3 Å². The van der Waals surface area contributed by atoms with Gasteiger partial charge in [0, 0.05) is 18.3 Å². The van der Waals surface area contributed by atoms with E-state index < -0.39 is 28.9 Å². The van der Waals surface area contributed by atoms with Gasteiger partial charge in [-0.25, -0.2) is 0 Å². The number of hydrogen-bond acceptors (Lipinski definition) is 4. The largest absolute Gasteiger partial charge is 0.503 e. The van der Waals surface area contributed by atoms with Gasteiger partial charge in [-0.05, 0) is 13.0 Å². The average molecular weight is 272 g/mol. The third-order valence-corrected chi connectivity index (χ3v) is 3.85. The Kier molecular flexibility index (Phi) is 2.29. The highest BCUT2D eigenvalue weighted by molar-refractivity contribution is 6.21. The smallest absolute Gasteiger partial charge is 0.290 e. The summed E-state index contributed by atoms with van der Waals surface area (Å²) in [5.41, 5.74) is -0.711. The predicted octanol–water partition coefficient (Wildman–Crippen LogP) is 0.707. The van der Waals surface area contributed by atoms with Crippen molar-refractivity contribution >= 4 is 23.3 Å². The van der Waals surface area contributed by atoms with Crippen molar-refractivity contribution in [3.63, 3.8) is 0 Å². The second-order valence-electron chi connectivity index (χ2n) is 4.85. The Hall–Kier alpha value is -2.63. The fourth-order valence-electron chi connectivity index (χ4n) is 3.00. The highest BCUT2D eigenvalue weighted by Gasteiger charge is 2.61. The van der Waals surface area contributed by atoms with Crippen LogP contribution >= 0.6 is 0 Å². The molecule has 20 heavy (non-hydrogen) atoms. The summed E-state index contributed by atoms with van der Waals surface area (Å²) in [6.45, 7) is 1.23. The minimum atomic E-state index is -1.57. The summed E-state index contributed by atoms with van der Waals surface area (Å²) in [5.74, 6) is -2.41. The van der Waals surface area contributed by atoms with Crippen molar-refractivity contribution in [2.75, 3.05) is 12.4 Å². The van der Waals surface area contributed by atoms with Crippen molar-refractivity contribution in [1.29, 1.82) is 0 Å². The Bertz CT molecular complexity index is 707. The van der Waals surface area contributed by atoms with Crippen molar-refractivity contribution in [3.8, 4) is 0 Å². The molecule has 1 atom stereocenters. The maximum absolute atomic E-state index is 12.5. The molecule has 0 aliphatic carbocycles. The molecule has 0 aromatic heterocycles. The van der Waals surface area contributed by atoms with Crippen molar-refractivity contribution < 1.29 is 19.5 Å². The fourth-order valence-corrected chi connectivity index (χ4v) is 3.00. The summed E-state index contributed by atoms with van der Waals surface area (Å²) in [7, 11) is 1.40. The van der Waals surface area contributed by atoms with E-state index >= 15 is 0 Å². The van der Waals surface area contributed by atoms with Gasteiger partial charge in [-0.3, -0.25) is 14.4 Å². The number of amides is 2. The van der Waals surface area contributed by atoms with E-state index in [4.69, 9.17) is 0 Å². The summed E-state index contributed by atoms with van der Waals surface area (Å²) >= 11 is 0. The number of anilines is 1. The number of aliphatic hydroxyl groups excluding tert-OH is 1. The number of carbonyl (C=O) groups is 3. The van der Waals surface area contributed by atoms with Gasteiger partial charge in [0.1, 0.15) is 0 Å². The molecule has 0 radical (unpaired) electrons. The summed E-state index contributed by atoms with van der Waals surface area (Å²) in [5, 5.41) is 12.6. The number of rotatable bonds is 1. The van der Waals surface area contributed by atoms with Gasteiger partial charge in [0.05, 0.1) is 5.57 Å². The van der Waals surface area contributed by atoms with E-state index in [2.05, 4.69) is 5.32 Å². The molecule has 102 valence electrons. The van der Waals surface area contributed by atoms with Crippen LogP contribution in [0.3, 0.4) is 0 Å². The molecule has 0 saturated carbocycles. The van der Waals surface area contributed by atoms with Crippen molar-refractivity contribution in [2.45, 2.75) is 12.5 Å². The second-order valence-corrected chi connectivity index (χ2v) is 4.85. The van der Waals surface area contributed by atoms with Crippen LogP contribution in [0.5, 0.6) is 0 Å². The SMILES string of the molecule is CC(=O)C1=C(O)C(=O)N(C)C12C(=O)Nc1ccccc12. The monoisotopic (exact) mass is 272 g/mol. The van der Waals surface area contributed by atoms with E-state index in [9.17, 15) is 19.5 Å². The maximum Gasteiger partial charge on any atom is 0.290 e. The normalized spacial score (nSPS) is 24.4. The highest BCUT2D eigenvalue weighted by atomic mass is 16.3. The highest BCUT2D eigenvalue weighted by Crippen LogP contribution is 2.49. The van der Waals surface area contributed by atoms with E-state index in [1.807, 2.05) is 0 Å². The summed E-state index contributed by atoms with van der Waals surface area (Å²) in [6, 6.07) is 6.81. The topological polar surface area (TPSA) is 86.7 Å². The minimum Gasteiger partial charge on any atom is -0.503 e. The lowest BCUT2D eigenvalue weighted by Gasteiger charge is -2.31. The predicted molar refractivity (Wildman–Crippen MR) is 69.9 cm³/mol. The molecule has 6 heteroatoms. The minimum absolute atomic E-state index is 0.174. The lowest BCUT2D eigenvalue weighted by molar-refractivity contribution is -0.137. The van der Waals surface area contributed by atoms with Crippen LogP contribution in [0, 0.1) is 0 Å².